The summed E-state index contributed by atoms with van der Waals surface area (Å²) in [6.45, 7) is 14.6. The van der Waals surface area contributed by atoms with Crippen LogP contribution >= 0.6 is 0 Å². The summed E-state index contributed by atoms with van der Waals surface area (Å²) in [5.41, 5.74) is 1.14. The second kappa shape index (κ2) is 6.02. The molecule has 78 valence electrons. The maximum atomic E-state index is 10.9. The van der Waals surface area contributed by atoms with Crippen LogP contribution in [0.1, 0.15) is 13.8 Å². The molecular weight excluding hydrogens is 180 g/mol. The van der Waals surface area contributed by atoms with E-state index < -0.39 is 5.97 Å². The quantitative estimate of drug-likeness (QED) is 0.215. The van der Waals surface area contributed by atoms with Crippen molar-refractivity contribution in [1.29, 1.82) is 0 Å². The summed E-state index contributed by atoms with van der Waals surface area (Å²) in [5, 5.41) is 0. The highest BCUT2D eigenvalue weighted by atomic mass is 16.6. The average molecular weight is 196 g/mol. The Kier molecular flexibility index (Phi) is 5.37. The first-order valence-electron chi connectivity index (χ1n) is 4.25. The molecule has 0 heterocycles. The van der Waals surface area contributed by atoms with Gasteiger partial charge in [0.2, 0.25) is 0 Å². The van der Waals surface area contributed by atoms with E-state index in [1.54, 1.807) is 13.8 Å². The van der Waals surface area contributed by atoms with Crippen LogP contribution in [-0.4, -0.2) is 19.2 Å². The number of rotatable bonds is 6. The van der Waals surface area contributed by atoms with Crippen molar-refractivity contribution in [2.45, 2.75) is 13.8 Å². The maximum Gasteiger partial charge on any atom is 0.333 e. The van der Waals surface area contributed by atoms with Gasteiger partial charge in [0.15, 0.2) is 0 Å². The smallest absolute Gasteiger partial charge is 0.333 e. The Labute approximate surface area is 84.7 Å². The zero-order valence-corrected chi connectivity index (χ0v) is 8.76. The SMILES string of the molecule is C=C(C)C(=C)OCCOC(=O)C(=C)C. The predicted octanol–water partition coefficient (Wildman–Crippen LogP) is 2.21. The van der Waals surface area contributed by atoms with E-state index in [1.807, 2.05) is 0 Å². The second-order valence-electron chi connectivity index (χ2n) is 2.97. The summed E-state index contributed by atoms with van der Waals surface area (Å²) in [6, 6.07) is 0. The molecule has 0 bridgehead atoms. The van der Waals surface area contributed by atoms with Crippen molar-refractivity contribution < 1.29 is 14.3 Å². The second-order valence-corrected chi connectivity index (χ2v) is 2.97. The van der Waals surface area contributed by atoms with E-state index in [9.17, 15) is 4.79 Å². The monoisotopic (exact) mass is 196 g/mol. The Morgan fingerprint density at radius 1 is 1.00 bits per heavy atom. The Hall–Kier alpha value is -1.51. The molecule has 0 saturated carbocycles. The molecule has 0 aliphatic heterocycles. The minimum atomic E-state index is -0.408. The van der Waals surface area contributed by atoms with Crippen LogP contribution in [0.4, 0.5) is 0 Å². The minimum Gasteiger partial charge on any atom is -0.490 e. The van der Waals surface area contributed by atoms with E-state index in [0.29, 0.717) is 11.3 Å². The molecule has 0 aliphatic carbocycles. The number of ether oxygens (including phenoxy) is 2. The van der Waals surface area contributed by atoms with Gasteiger partial charge in [-0.05, 0) is 19.4 Å². The Morgan fingerprint density at radius 2 is 1.50 bits per heavy atom. The predicted molar refractivity (Wildman–Crippen MR) is 55.7 cm³/mol. The molecule has 0 radical (unpaired) electrons. The van der Waals surface area contributed by atoms with Crippen molar-refractivity contribution >= 4 is 5.97 Å². The molecule has 0 saturated heterocycles. The molecule has 0 rings (SSSR count). The van der Waals surface area contributed by atoms with Gasteiger partial charge in [-0.3, -0.25) is 0 Å². The lowest BCUT2D eigenvalue weighted by atomic mass is 10.3. The normalized spacial score (nSPS) is 9.00. The number of carbonyl (C=O) groups excluding carboxylic acids is 1. The van der Waals surface area contributed by atoms with Gasteiger partial charge in [-0.15, -0.1) is 0 Å². The molecule has 0 atom stereocenters. The molecule has 3 nitrogen and oxygen atoms in total. The van der Waals surface area contributed by atoms with E-state index in [2.05, 4.69) is 19.7 Å². The highest BCUT2D eigenvalue weighted by Gasteiger charge is 2.02. The van der Waals surface area contributed by atoms with Crippen LogP contribution in [0.15, 0.2) is 36.6 Å². The van der Waals surface area contributed by atoms with Gasteiger partial charge in [-0.1, -0.05) is 19.7 Å². The molecule has 0 aromatic heterocycles. The molecule has 3 heteroatoms. The zero-order valence-electron chi connectivity index (χ0n) is 8.76. The average Bonchev–Trinajstić information content (AvgIpc) is 2.11. The van der Waals surface area contributed by atoms with Crippen LogP contribution in [0.5, 0.6) is 0 Å². The van der Waals surface area contributed by atoms with Crippen molar-refractivity contribution in [2.24, 2.45) is 0 Å². The maximum absolute atomic E-state index is 10.9. The molecule has 0 fully saturated rings. The first kappa shape index (κ1) is 12.5. The lowest BCUT2D eigenvalue weighted by Crippen LogP contribution is -2.10. The fourth-order valence-corrected chi connectivity index (χ4v) is 0.546. The van der Waals surface area contributed by atoms with E-state index in [4.69, 9.17) is 9.47 Å². The van der Waals surface area contributed by atoms with Crippen LogP contribution in [0, 0.1) is 0 Å². The van der Waals surface area contributed by atoms with Crippen LogP contribution in [0.3, 0.4) is 0 Å². The van der Waals surface area contributed by atoms with Crippen LogP contribution < -0.4 is 0 Å². The van der Waals surface area contributed by atoms with Crippen molar-refractivity contribution in [3.8, 4) is 0 Å². The lowest BCUT2D eigenvalue weighted by Gasteiger charge is -2.08. The van der Waals surface area contributed by atoms with Gasteiger partial charge in [-0.2, -0.15) is 0 Å². The van der Waals surface area contributed by atoms with Crippen molar-refractivity contribution in [1.82, 2.24) is 0 Å². The minimum absolute atomic E-state index is 0.192. The van der Waals surface area contributed by atoms with Crippen LogP contribution in [-0.2, 0) is 14.3 Å². The van der Waals surface area contributed by atoms with Crippen LogP contribution in [0.2, 0.25) is 0 Å². The molecular formula is C11H16O3. The first-order chi connectivity index (χ1) is 6.45. The summed E-state index contributed by atoms with van der Waals surface area (Å²) in [4.78, 5) is 10.9. The third-order valence-corrected chi connectivity index (χ3v) is 1.42. The van der Waals surface area contributed by atoms with Crippen LogP contribution in [0.25, 0.3) is 0 Å². The summed E-state index contributed by atoms with van der Waals surface area (Å²) < 4.78 is 9.93. The number of carbonyl (C=O) groups is 1. The summed E-state index contributed by atoms with van der Waals surface area (Å²) in [5.74, 6) is 0.103. The number of hydrogen-bond acceptors (Lipinski definition) is 3. The third kappa shape index (κ3) is 5.19. The third-order valence-electron chi connectivity index (χ3n) is 1.42. The lowest BCUT2D eigenvalue weighted by molar-refractivity contribution is -0.140. The first-order valence-corrected chi connectivity index (χ1v) is 4.25. The van der Waals surface area contributed by atoms with Crippen molar-refractivity contribution in [3.63, 3.8) is 0 Å². The summed E-state index contributed by atoms with van der Waals surface area (Å²) in [7, 11) is 0. The van der Waals surface area contributed by atoms with Gasteiger partial charge in [0.1, 0.15) is 19.0 Å². The Bertz CT molecular complexity index is 236. The van der Waals surface area contributed by atoms with Gasteiger partial charge in [0.05, 0.1) is 0 Å². The summed E-state index contributed by atoms with van der Waals surface area (Å²) >= 11 is 0. The zero-order chi connectivity index (χ0) is 11.1. The largest absolute Gasteiger partial charge is 0.490 e. The van der Waals surface area contributed by atoms with Gasteiger partial charge >= 0.3 is 5.97 Å². The standard InChI is InChI=1S/C11H16O3/c1-8(2)10(5)13-6-7-14-11(12)9(3)4/h1,3,5-7H2,2,4H3. The molecule has 14 heavy (non-hydrogen) atoms. The Morgan fingerprint density at radius 3 is 1.93 bits per heavy atom. The summed E-state index contributed by atoms with van der Waals surface area (Å²) in [6.07, 6.45) is 0. The van der Waals surface area contributed by atoms with E-state index >= 15 is 0 Å². The van der Waals surface area contributed by atoms with Crippen molar-refractivity contribution in [3.05, 3.63) is 36.6 Å². The van der Waals surface area contributed by atoms with Gasteiger partial charge < -0.3 is 9.47 Å². The number of hydrogen-bond donors (Lipinski definition) is 0. The number of allylic oxidation sites excluding steroid dienone is 1. The molecule has 0 amide bonds. The van der Waals surface area contributed by atoms with E-state index in [-0.39, 0.29) is 13.2 Å². The highest BCUT2D eigenvalue weighted by molar-refractivity contribution is 5.86. The molecule has 0 spiro atoms. The van der Waals surface area contributed by atoms with Crippen molar-refractivity contribution in [2.75, 3.05) is 13.2 Å². The van der Waals surface area contributed by atoms with E-state index in [0.717, 1.165) is 5.57 Å². The molecule has 0 unspecified atom stereocenters. The van der Waals surface area contributed by atoms with Gasteiger partial charge in [0, 0.05) is 5.57 Å². The van der Waals surface area contributed by atoms with Gasteiger partial charge in [0.25, 0.3) is 0 Å². The fraction of sp³-hybridized carbons (Fsp3) is 0.364. The molecule has 0 aromatic carbocycles. The van der Waals surface area contributed by atoms with E-state index in [1.165, 1.54) is 0 Å². The molecule has 0 N–H and O–H groups in total. The molecule has 0 aromatic rings. The Balaban J connectivity index is 3.57. The number of esters is 1. The molecule has 0 aliphatic rings. The highest BCUT2D eigenvalue weighted by Crippen LogP contribution is 2.04. The fourth-order valence-electron chi connectivity index (χ4n) is 0.546. The van der Waals surface area contributed by atoms with Gasteiger partial charge in [-0.25, -0.2) is 4.79 Å². The topological polar surface area (TPSA) is 35.5 Å².